The molecule has 7 heteroatoms. The standard InChI is InChI=1S/C17H14F4N2O/c18-12-3-1-2-4-14(12)22-7-9-23(10-8-22)17(24)11-5-6-13(19)16(21)15(11)20/h1-6H,7-10H2. The summed E-state index contributed by atoms with van der Waals surface area (Å²) in [6.45, 7) is 1.17. The normalized spacial score (nSPS) is 14.8. The number of anilines is 1. The van der Waals surface area contributed by atoms with Crippen molar-refractivity contribution >= 4 is 11.6 Å². The van der Waals surface area contributed by atoms with Crippen LogP contribution in [-0.2, 0) is 0 Å². The highest BCUT2D eigenvalue weighted by molar-refractivity contribution is 5.94. The summed E-state index contributed by atoms with van der Waals surface area (Å²) < 4.78 is 53.8. The van der Waals surface area contributed by atoms with Gasteiger partial charge in [-0.05, 0) is 24.3 Å². The number of carbonyl (C=O) groups is 1. The van der Waals surface area contributed by atoms with Crippen molar-refractivity contribution < 1.29 is 22.4 Å². The van der Waals surface area contributed by atoms with E-state index in [0.29, 0.717) is 18.8 Å². The lowest BCUT2D eigenvalue weighted by atomic mass is 10.1. The third-order valence-corrected chi connectivity index (χ3v) is 4.03. The van der Waals surface area contributed by atoms with Crippen molar-refractivity contribution in [2.45, 2.75) is 0 Å². The average Bonchev–Trinajstić information content (AvgIpc) is 2.60. The highest BCUT2D eigenvalue weighted by Crippen LogP contribution is 2.22. The number of amides is 1. The lowest BCUT2D eigenvalue weighted by Gasteiger charge is -2.36. The number of rotatable bonds is 2. The Labute approximate surface area is 136 Å². The van der Waals surface area contributed by atoms with Gasteiger partial charge in [0.05, 0.1) is 11.3 Å². The second-order valence-corrected chi connectivity index (χ2v) is 5.45. The van der Waals surface area contributed by atoms with Gasteiger partial charge < -0.3 is 9.80 Å². The number of hydrogen-bond donors (Lipinski definition) is 0. The molecule has 0 aliphatic carbocycles. The lowest BCUT2D eigenvalue weighted by Crippen LogP contribution is -2.49. The van der Waals surface area contributed by atoms with Gasteiger partial charge >= 0.3 is 0 Å². The van der Waals surface area contributed by atoms with Crippen molar-refractivity contribution in [2.75, 3.05) is 31.1 Å². The number of halogens is 4. The van der Waals surface area contributed by atoms with E-state index >= 15 is 0 Å². The van der Waals surface area contributed by atoms with E-state index in [-0.39, 0.29) is 18.9 Å². The molecule has 1 fully saturated rings. The average molecular weight is 338 g/mol. The Morgan fingerprint density at radius 2 is 1.46 bits per heavy atom. The maximum absolute atomic E-state index is 13.8. The van der Waals surface area contributed by atoms with Crippen LogP contribution in [0.3, 0.4) is 0 Å². The smallest absolute Gasteiger partial charge is 0.257 e. The van der Waals surface area contributed by atoms with Crippen LogP contribution >= 0.6 is 0 Å². The second kappa shape index (κ2) is 6.51. The highest BCUT2D eigenvalue weighted by atomic mass is 19.2. The van der Waals surface area contributed by atoms with Crippen molar-refractivity contribution in [1.82, 2.24) is 4.90 Å². The molecule has 2 aromatic carbocycles. The fourth-order valence-electron chi connectivity index (χ4n) is 2.72. The molecule has 0 N–H and O–H groups in total. The van der Waals surface area contributed by atoms with E-state index in [2.05, 4.69) is 0 Å². The molecule has 0 bridgehead atoms. The number of nitrogens with zero attached hydrogens (tertiary/aromatic N) is 2. The second-order valence-electron chi connectivity index (χ2n) is 5.45. The maximum atomic E-state index is 13.8. The van der Waals surface area contributed by atoms with Gasteiger partial charge in [0.1, 0.15) is 5.82 Å². The molecule has 0 saturated carbocycles. The first-order valence-electron chi connectivity index (χ1n) is 7.41. The molecule has 3 nitrogen and oxygen atoms in total. The van der Waals surface area contributed by atoms with Gasteiger partial charge in [-0.15, -0.1) is 0 Å². The molecule has 1 amide bonds. The molecular weight excluding hydrogens is 324 g/mol. The van der Waals surface area contributed by atoms with Crippen LogP contribution in [0.1, 0.15) is 10.4 Å². The molecule has 3 rings (SSSR count). The van der Waals surface area contributed by atoms with E-state index in [9.17, 15) is 22.4 Å². The summed E-state index contributed by atoms with van der Waals surface area (Å²) in [5.74, 6) is -5.56. The molecule has 1 aliphatic rings. The van der Waals surface area contributed by atoms with Gasteiger partial charge in [0.2, 0.25) is 0 Å². The van der Waals surface area contributed by atoms with E-state index in [4.69, 9.17) is 0 Å². The van der Waals surface area contributed by atoms with E-state index in [1.54, 1.807) is 23.1 Å². The van der Waals surface area contributed by atoms with Gasteiger partial charge in [0.15, 0.2) is 17.5 Å². The zero-order chi connectivity index (χ0) is 17.3. The zero-order valence-electron chi connectivity index (χ0n) is 12.6. The van der Waals surface area contributed by atoms with Gasteiger partial charge in [0, 0.05) is 26.2 Å². The molecule has 1 saturated heterocycles. The Kier molecular flexibility index (Phi) is 4.42. The van der Waals surface area contributed by atoms with E-state index in [0.717, 1.165) is 12.1 Å². The number of hydrogen-bond acceptors (Lipinski definition) is 2. The summed E-state index contributed by atoms with van der Waals surface area (Å²) in [6.07, 6.45) is 0. The predicted octanol–water partition coefficient (Wildman–Crippen LogP) is 3.21. The van der Waals surface area contributed by atoms with Crippen LogP contribution in [0.25, 0.3) is 0 Å². The molecule has 0 atom stereocenters. The molecule has 126 valence electrons. The fourth-order valence-corrected chi connectivity index (χ4v) is 2.72. The Hall–Kier alpha value is -2.57. The van der Waals surface area contributed by atoms with Crippen LogP contribution in [0.2, 0.25) is 0 Å². The summed E-state index contributed by atoms with van der Waals surface area (Å²) >= 11 is 0. The third-order valence-electron chi connectivity index (χ3n) is 4.03. The first-order valence-corrected chi connectivity index (χ1v) is 7.41. The number of benzene rings is 2. The van der Waals surface area contributed by atoms with Crippen LogP contribution in [0.15, 0.2) is 36.4 Å². The first kappa shape index (κ1) is 16.3. The Morgan fingerprint density at radius 3 is 2.12 bits per heavy atom. The van der Waals surface area contributed by atoms with Crippen LogP contribution in [0, 0.1) is 23.3 Å². The van der Waals surface area contributed by atoms with Crippen LogP contribution in [0.4, 0.5) is 23.2 Å². The Morgan fingerprint density at radius 1 is 0.792 bits per heavy atom. The number of para-hydroxylation sites is 1. The molecule has 0 spiro atoms. The molecule has 0 aromatic heterocycles. The SMILES string of the molecule is O=C(c1ccc(F)c(F)c1F)N1CCN(c2ccccc2F)CC1. The van der Waals surface area contributed by atoms with Gasteiger partial charge in [0.25, 0.3) is 5.91 Å². The predicted molar refractivity (Wildman–Crippen MR) is 80.8 cm³/mol. The quantitative estimate of drug-likeness (QED) is 0.620. The molecule has 2 aromatic rings. The van der Waals surface area contributed by atoms with Crippen molar-refractivity contribution in [3.05, 3.63) is 65.2 Å². The topological polar surface area (TPSA) is 23.6 Å². The lowest BCUT2D eigenvalue weighted by molar-refractivity contribution is 0.0740. The molecule has 0 radical (unpaired) electrons. The van der Waals surface area contributed by atoms with E-state index in [1.807, 2.05) is 0 Å². The van der Waals surface area contributed by atoms with Crippen LogP contribution in [0.5, 0.6) is 0 Å². The molecule has 0 unspecified atom stereocenters. The summed E-state index contributed by atoms with van der Waals surface area (Å²) in [7, 11) is 0. The van der Waals surface area contributed by atoms with Crippen LogP contribution in [-0.4, -0.2) is 37.0 Å². The Bertz CT molecular complexity index is 773. The van der Waals surface area contributed by atoms with Gasteiger partial charge in [-0.3, -0.25) is 4.79 Å². The van der Waals surface area contributed by atoms with Crippen molar-refractivity contribution in [2.24, 2.45) is 0 Å². The number of carbonyl (C=O) groups excluding carboxylic acids is 1. The minimum Gasteiger partial charge on any atom is -0.366 e. The summed E-state index contributed by atoms with van der Waals surface area (Å²) in [4.78, 5) is 15.4. The minimum atomic E-state index is -1.66. The van der Waals surface area contributed by atoms with Gasteiger partial charge in [-0.1, -0.05) is 12.1 Å². The zero-order valence-corrected chi connectivity index (χ0v) is 12.6. The fraction of sp³-hybridized carbons (Fsp3) is 0.235. The minimum absolute atomic E-state index is 0.228. The Balaban J connectivity index is 1.72. The molecule has 1 aliphatic heterocycles. The first-order chi connectivity index (χ1) is 11.5. The highest BCUT2D eigenvalue weighted by Gasteiger charge is 2.27. The summed E-state index contributed by atoms with van der Waals surface area (Å²) in [5.41, 5.74) is -0.0724. The van der Waals surface area contributed by atoms with Gasteiger partial charge in [-0.2, -0.15) is 0 Å². The van der Waals surface area contributed by atoms with E-state index in [1.165, 1.54) is 11.0 Å². The largest absolute Gasteiger partial charge is 0.366 e. The number of piperazine rings is 1. The van der Waals surface area contributed by atoms with Gasteiger partial charge in [-0.25, -0.2) is 17.6 Å². The van der Waals surface area contributed by atoms with Crippen LogP contribution < -0.4 is 4.90 Å². The van der Waals surface area contributed by atoms with Crippen molar-refractivity contribution in [1.29, 1.82) is 0 Å². The van der Waals surface area contributed by atoms with Crippen molar-refractivity contribution in [3.63, 3.8) is 0 Å². The van der Waals surface area contributed by atoms with Crippen molar-refractivity contribution in [3.8, 4) is 0 Å². The summed E-state index contributed by atoms with van der Waals surface area (Å²) in [5, 5.41) is 0. The third kappa shape index (κ3) is 2.93. The molecular formula is C17H14F4N2O. The molecule has 1 heterocycles. The summed E-state index contributed by atoms with van der Waals surface area (Å²) in [6, 6.07) is 7.95. The maximum Gasteiger partial charge on any atom is 0.257 e. The molecule has 24 heavy (non-hydrogen) atoms. The monoisotopic (exact) mass is 338 g/mol. The van der Waals surface area contributed by atoms with E-state index < -0.39 is 28.9 Å².